The van der Waals surface area contributed by atoms with Crippen LogP contribution >= 0.6 is 11.8 Å². The molecule has 132 valence electrons. The number of nitrogens with two attached hydrogens (primary N) is 1. The number of thioether (sulfide) groups is 1. The first-order valence-corrected chi connectivity index (χ1v) is 9.13. The fourth-order valence-corrected chi connectivity index (χ4v) is 4.16. The van der Waals surface area contributed by atoms with Crippen LogP contribution in [0.15, 0.2) is 41.8 Å². The molecular formula is C19H19N5OS. The monoisotopic (exact) mass is 365 g/mol. The molecule has 0 spiro atoms. The summed E-state index contributed by atoms with van der Waals surface area (Å²) in [5, 5.41) is 9.76. The first kappa shape index (κ1) is 18.1. The van der Waals surface area contributed by atoms with Gasteiger partial charge in [0.15, 0.2) is 11.0 Å². The molecule has 26 heavy (non-hydrogen) atoms. The second-order valence-electron chi connectivity index (χ2n) is 6.58. The molecule has 1 aliphatic heterocycles. The average molecular weight is 365 g/mol. The van der Waals surface area contributed by atoms with E-state index >= 15 is 0 Å². The van der Waals surface area contributed by atoms with Crippen molar-refractivity contribution in [1.82, 2.24) is 9.97 Å². The van der Waals surface area contributed by atoms with Crippen molar-refractivity contribution >= 4 is 22.7 Å². The highest BCUT2D eigenvalue weighted by atomic mass is 32.2. The minimum Gasteiger partial charge on any atom is -0.379 e. The summed E-state index contributed by atoms with van der Waals surface area (Å²) < 4.78 is 0. The number of nitriles is 1. The first-order valence-electron chi connectivity index (χ1n) is 8.25. The summed E-state index contributed by atoms with van der Waals surface area (Å²) in [7, 11) is 0. The summed E-state index contributed by atoms with van der Waals surface area (Å²) in [6, 6.07) is 7.12. The van der Waals surface area contributed by atoms with Gasteiger partial charge in [0, 0.05) is 30.3 Å². The minimum absolute atomic E-state index is 0.117. The molecule has 0 bridgehead atoms. The van der Waals surface area contributed by atoms with Crippen LogP contribution < -0.4 is 5.73 Å². The van der Waals surface area contributed by atoms with Gasteiger partial charge in [-0.3, -0.25) is 19.8 Å². The molecule has 3 heterocycles. The number of nitrogens with zero attached hydrogens (tertiary/aromatic N) is 4. The van der Waals surface area contributed by atoms with Crippen LogP contribution in [0.1, 0.15) is 47.4 Å². The van der Waals surface area contributed by atoms with Gasteiger partial charge in [-0.1, -0.05) is 18.7 Å². The Hall–Kier alpha value is -2.72. The number of ketones is 1. The summed E-state index contributed by atoms with van der Waals surface area (Å²) in [6.07, 6.45) is 5.92. The largest absolute Gasteiger partial charge is 0.379 e. The smallest absolute Gasteiger partial charge is 0.185 e. The van der Waals surface area contributed by atoms with Crippen LogP contribution in [-0.2, 0) is 12.0 Å². The highest BCUT2D eigenvalue weighted by Crippen LogP contribution is 2.38. The summed E-state index contributed by atoms with van der Waals surface area (Å²) in [5.74, 6) is -0.117. The maximum Gasteiger partial charge on any atom is 0.185 e. The van der Waals surface area contributed by atoms with Crippen molar-refractivity contribution in [2.24, 2.45) is 10.7 Å². The number of aliphatic imine (C=N–C) groups is 1. The number of aromatic nitrogens is 2. The van der Waals surface area contributed by atoms with Crippen LogP contribution in [0.4, 0.5) is 0 Å². The molecule has 0 aliphatic carbocycles. The molecule has 1 aliphatic rings. The Morgan fingerprint density at radius 1 is 1.42 bits per heavy atom. The van der Waals surface area contributed by atoms with Gasteiger partial charge in [0.05, 0.1) is 11.1 Å². The van der Waals surface area contributed by atoms with E-state index < -0.39 is 5.54 Å². The van der Waals surface area contributed by atoms with E-state index in [-0.39, 0.29) is 12.2 Å². The lowest BCUT2D eigenvalue weighted by molar-refractivity contribution is 0.0988. The molecular weight excluding hydrogens is 346 g/mol. The van der Waals surface area contributed by atoms with E-state index in [0.29, 0.717) is 21.7 Å². The van der Waals surface area contributed by atoms with Crippen LogP contribution in [0.5, 0.6) is 0 Å². The van der Waals surface area contributed by atoms with Crippen molar-refractivity contribution in [2.45, 2.75) is 37.5 Å². The Balaban J connectivity index is 1.82. The molecule has 7 heteroatoms. The standard InChI is InChI=1S/C19H19N5OS/c1-12-7-19(2,24-18(21)26-12)15-5-14(9-22-11-15)6-17(25)16-4-3-13(8-20)10-23-16/h3-5,9-12H,6-7H2,1-2H3,(H2,21,24)/t12?,19-/m0/s1. The summed E-state index contributed by atoms with van der Waals surface area (Å²) in [4.78, 5) is 25.4. The van der Waals surface area contributed by atoms with E-state index in [1.165, 1.54) is 6.20 Å². The normalized spacial score (nSPS) is 22.3. The van der Waals surface area contributed by atoms with Crippen molar-refractivity contribution in [3.63, 3.8) is 0 Å². The lowest BCUT2D eigenvalue weighted by Crippen LogP contribution is -2.32. The number of carbonyl (C=O) groups is 1. The van der Waals surface area contributed by atoms with E-state index in [9.17, 15) is 4.79 Å². The average Bonchev–Trinajstić information content (AvgIpc) is 2.61. The molecule has 2 N–H and O–H groups in total. The fourth-order valence-electron chi connectivity index (χ4n) is 3.08. The Morgan fingerprint density at radius 2 is 2.23 bits per heavy atom. The highest BCUT2D eigenvalue weighted by molar-refractivity contribution is 8.14. The summed E-state index contributed by atoms with van der Waals surface area (Å²) in [5.41, 5.74) is 8.05. The fraction of sp³-hybridized carbons (Fsp3) is 0.316. The molecule has 2 atom stereocenters. The third-order valence-electron chi connectivity index (χ3n) is 4.32. The van der Waals surface area contributed by atoms with E-state index in [1.807, 2.05) is 19.1 Å². The van der Waals surface area contributed by atoms with Crippen LogP contribution in [0.2, 0.25) is 0 Å². The van der Waals surface area contributed by atoms with E-state index in [2.05, 4.69) is 21.9 Å². The number of amidine groups is 1. The van der Waals surface area contributed by atoms with Gasteiger partial charge in [-0.2, -0.15) is 5.26 Å². The van der Waals surface area contributed by atoms with Crippen LogP contribution in [0, 0.1) is 11.3 Å². The van der Waals surface area contributed by atoms with E-state index in [0.717, 1.165) is 17.5 Å². The molecule has 0 saturated carbocycles. The number of Topliss-reactive ketones (excluding diaryl/α,β-unsaturated/α-hetero) is 1. The zero-order valence-electron chi connectivity index (χ0n) is 14.6. The lowest BCUT2D eigenvalue weighted by atomic mass is 9.88. The molecule has 0 saturated heterocycles. The van der Waals surface area contributed by atoms with E-state index in [4.69, 9.17) is 11.0 Å². The van der Waals surface area contributed by atoms with Gasteiger partial charge in [-0.05, 0) is 42.7 Å². The second kappa shape index (κ2) is 7.26. The van der Waals surface area contributed by atoms with Crippen LogP contribution in [0.25, 0.3) is 0 Å². The Labute approximate surface area is 156 Å². The van der Waals surface area contributed by atoms with Crippen molar-refractivity contribution < 1.29 is 4.79 Å². The van der Waals surface area contributed by atoms with Crippen molar-refractivity contribution in [2.75, 3.05) is 0 Å². The summed E-state index contributed by atoms with van der Waals surface area (Å²) in [6.45, 7) is 4.17. The van der Waals surface area contributed by atoms with Crippen LogP contribution in [-0.4, -0.2) is 26.2 Å². The van der Waals surface area contributed by atoms with Gasteiger partial charge >= 0.3 is 0 Å². The van der Waals surface area contributed by atoms with Gasteiger partial charge in [-0.25, -0.2) is 0 Å². The van der Waals surface area contributed by atoms with Crippen molar-refractivity contribution in [3.05, 3.63) is 59.2 Å². The number of hydrogen-bond acceptors (Lipinski definition) is 7. The van der Waals surface area contributed by atoms with Gasteiger partial charge in [0.1, 0.15) is 11.8 Å². The third-order valence-corrected chi connectivity index (χ3v) is 5.23. The number of pyridine rings is 2. The molecule has 0 radical (unpaired) electrons. The molecule has 2 aromatic heterocycles. The zero-order chi connectivity index (χ0) is 18.7. The predicted octanol–water partition coefficient (Wildman–Crippen LogP) is 2.83. The molecule has 6 nitrogen and oxygen atoms in total. The molecule has 0 amide bonds. The molecule has 3 rings (SSSR count). The topological polar surface area (TPSA) is 105 Å². The Kier molecular flexibility index (Phi) is 5.05. The maximum atomic E-state index is 12.5. The molecule has 1 unspecified atom stereocenters. The SMILES string of the molecule is CC1C[C@@](C)(c2cncc(CC(=O)c3ccc(C#N)cn3)c2)N=C(N)S1. The zero-order valence-corrected chi connectivity index (χ0v) is 15.5. The van der Waals surface area contributed by atoms with Gasteiger partial charge in [-0.15, -0.1) is 0 Å². The summed E-state index contributed by atoms with van der Waals surface area (Å²) >= 11 is 1.58. The second-order valence-corrected chi connectivity index (χ2v) is 8.04. The number of rotatable bonds is 4. The Bertz CT molecular complexity index is 903. The minimum atomic E-state index is -0.437. The maximum absolute atomic E-state index is 12.5. The first-order chi connectivity index (χ1) is 12.4. The number of carbonyl (C=O) groups excluding carboxylic acids is 1. The van der Waals surface area contributed by atoms with Crippen molar-refractivity contribution in [3.8, 4) is 6.07 Å². The Morgan fingerprint density at radius 3 is 2.88 bits per heavy atom. The molecule has 2 aromatic rings. The van der Waals surface area contributed by atoms with Crippen LogP contribution in [0.3, 0.4) is 0 Å². The van der Waals surface area contributed by atoms with Gasteiger partial charge in [0.2, 0.25) is 0 Å². The van der Waals surface area contributed by atoms with Gasteiger partial charge in [0.25, 0.3) is 0 Å². The third kappa shape index (κ3) is 3.92. The number of hydrogen-bond donors (Lipinski definition) is 1. The van der Waals surface area contributed by atoms with Crippen molar-refractivity contribution in [1.29, 1.82) is 5.26 Å². The quantitative estimate of drug-likeness (QED) is 0.835. The van der Waals surface area contributed by atoms with E-state index in [1.54, 1.807) is 36.3 Å². The highest BCUT2D eigenvalue weighted by Gasteiger charge is 2.33. The molecule has 0 fully saturated rings. The van der Waals surface area contributed by atoms with Gasteiger partial charge < -0.3 is 5.73 Å². The predicted molar refractivity (Wildman–Crippen MR) is 102 cm³/mol. The lowest BCUT2D eigenvalue weighted by Gasteiger charge is -2.33. The molecule has 0 aromatic carbocycles.